The van der Waals surface area contributed by atoms with Gasteiger partial charge in [-0.3, -0.25) is 0 Å². The number of nitrogens with one attached hydrogen (secondary N) is 1. The lowest BCUT2D eigenvalue weighted by Gasteiger charge is -2.12. The molecular formula is C17H20ClNO. The van der Waals surface area contributed by atoms with Gasteiger partial charge in [0.25, 0.3) is 0 Å². The molecule has 0 unspecified atom stereocenters. The SMILES string of the molecule is CCNCc1ccc(Oc2ccccc2CC)c(Cl)c1. The van der Waals surface area contributed by atoms with E-state index in [1.165, 1.54) is 5.56 Å². The van der Waals surface area contributed by atoms with Crippen LogP contribution >= 0.6 is 11.6 Å². The summed E-state index contributed by atoms with van der Waals surface area (Å²) >= 11 is 6.30. The summed E-state index contributed by atoms with van der Waals surface area (Å²) in [5.74, 6) is 1.57. The van der Waals surface area contributed by atoms with Crippen molar-refractivity contribution in [3.05, 3.63) is 58.6 Å². The minimum absolute atomic E-state index is 0.645. The topological polar surface area (TPSA) is 21.3 Å². The van der Waals surface area contributed by atoms with Crippen LogP contribution in [0.2, 0.25) is 5.02 Å². The number of hydrogen-bond acceptors (Lipinski definition) is 2. The number of benzene rings is 2. The van der Waals surface area contributed by atoms with Crippen molar-refractivity contribution in [2.75, 3.05) is 6.54 Å². The van der Waals surface area contributed by atoms with Crippen molar-refractivity contribution in [1.82, 2.24) is 5.32 Å². The monoisotopic (exact) mass is 289 g/mol. The highest BCUT2D eigenvalue weighted by atomic mass is 35.5. The van der Waals surface area contributed by atoms with Gasteiger partial charge in [-0.25, -0.2) is 0 Å². The Bertz CT molecular complexity index is 569. The van der Waals surface area contributed by atoms with Crippen LogP contribution in [0.25, 0.3) is 0 Å². The normalized spacial score (nSPS) is 10.6. The van der Waals surface area contributed by atoms with E-state index in [0.29, 0.717) is 10.8 Å². The minimum Gasteiger partial charge on any atom is -0.456 e. The Morgan fingerprint density at radius 3 is 2.55 bits per heavy atom. The minimum atomic E-state index is 0.645. The maximum Gasteiger partial charge on any atom is 0.146 e. The van der Waals surface area contributed by atoms with Crippen molar-refractivity contribution >= 4 is 11.6 Å². The molecule has 0 saturated carbocycles. The first kappa shape index (κ1) is 14.9. The van der Waals surface area contributed by atoms with Crippen molar-refractivity contribution in [3.8, 4) is 11.5 Å². The molecule has 0 atom stereocenters. The fraction of sp³-hybridized carbons (Fsp3) is 0.294. The number of para-hydroxylation sites is 1. The zero-order valence-electron chi connectivity index (χ0n) is 11.9. The second kappa shape index (κ2) is 7.32. The van der Waals surface area contributed by atoms with E-state index in [1.807, 2.05) is 36.4 Å². The molecule has 2 rings (SSSR count). The molecule has 106 valence electrons. The average Bonchev–Trinajstić information content (AvgIpc) is 2.48. The fourth-order valence-electron chi connectivity index (χ4n) is 2.02. The molecule has 0 amide bonds. The molecule has 0 bridgehead atoms. The van der Waals surface area contributed by atoms with E-state index in [-0.39, 0.29) is 0 Å². The van der Waals surface area contributed by atoms with Crippen LogP contribution in [0.15, 0.2) is 42.5 Å². The number of ether oxygens (including phenoxy) is 1. The summed E-state index contributed by atoms with van der Waals surface area (Å²) in [6, 6.07) is 14.0. The van der Waals surface area contributed by atoms with E-state index >= 15 is 0 Å². The Morgan fingerprint density at radius 2 is 1.85 bits per heavy atom. The lowest BCUT2D eigenvalue weighted by atomic mass is 10.1. The Balaban J connectivity index is 2.17. The summed E-state index contributed by atoms with van der Waals surface area (Å²) in [6.45, 7) is 5.96. The van der Waals surface area contributed by atoms with Crippen LogP contribution in [0.3, 0.4) is 0 Å². The lowest BCUT2D eigenvalue weighted by molar-refractivity contribution is 0.477. The maximum absolute atomic E-state index is 6.30. The van der Waals surface area contributed by atoms with Gasteiger partial charge < -0.3 is 10.1 Å². The van der Waals surface area contributed by atoms with Gasteiger partial charge in [0.15, 0.2) is 0 Å². The first-order valence-electron chi connectivity index (χ1n) is 6.99. The van der Waals surface area contributed by atoms with Gasteiger partial charge in [0, 0.05) is 6.54 Å². The number of aryl methyl sites for hydroxylation is 1. The summed E-state index contributed by atoms with van der Waals surface area (Å²) in [4.78, 5) is 0. The molecule has 0 fully saturated rings. The van der Waals surface area contributed by atoms with E-state index in [9.17, 15) is 0 Å². The first-order valence-corrected chi connectivity index (χ1v) is 7.37. The Morgan fingerprint density at radius 1 is 1.05 bits per heavy atom. The van der Waals surface area contributed by atoms with Crippen LogP contribution in [0.4, 0.5) is 0 Å². The van der Waals surface area contributed by atoms with Crippen molar-refractivity contribution in [1.29, 1.82) is 0 Å². The predicted molar refractivity (Wildman–Crippen MR) is 84.7 cm³/mol. The Hall–Kier alpha value is -1.51. The molecule has 3 heteroatoms. The molecule has 0 aliphatic rings. The molecular weight excluding hydrogens is 270 g/mol. The number of hydrogen-bond donors (Lipinski definition) is 1. The number of rotatable bonds is 6. The van der Waals surface area contributed by atoms with Gasteiger partial charge in [0.2, 0.25) is 0 Å². The van der Waals surface area contributed by atoms with Gasteiger partial charge in [-0.05, 0) is 42.3 Å². The van der Waals surface area contributed by atoms with Crippen LogP contribution in [0.5, 0.6) is 11.5 Å². The Kier molecular flexibility index (Phi) is 5.45. The van der Waals surface area contributed by atoms with Gasteiger partial charge in [0.05, 0.1) is 5.02 Å². The van der Waals surface area contributed by atoms with Crippen LogP contribution in [-0.2, 0) is 13.0 Å². The van der Waals surface area contributed by atoms with Crippen molar-refractivity contribution in [2.45, 2.75) is 26.8 Å². The molecule has 2 nitrogen and oxygen atoms in total. The average molecular weight is 290 g/mol. The summed E-state index contributed by atoms with van der Waals surface area (Å²) in [7, 11) is 0. The molecule has 1 N–H and O–H groups in total. The van der Waals surface area contributed by atoms with Gasteiger partial charge in [0.1, 0.15) is 11.5 Å². The van der Waals surface area contributed by atoms with Gasteiger partial charge in [-0.1, -0.05) is 49.7 Å². The van der Waals surface area contributed by atoms with E-state index in [1.54, 1.807) is 0 Å². The maximum atomic E-state index is 6.30. The molecule has 0 aromatic heterocycles. The predicted octanol–water partition coefficient (Wildman–Crippen LogP) is 4.80. The zero-order valence-corrected chi connectivity index (χ0v) is 12.7. The highest BCUT2D eigenvalue weighted by Crippen LogP contribution is 2.32. The molecule has 0 heterocycles. The van der Waals surface area contributed by atoms with Gasteiger partial charge in [-0.15, -0.1) is 0 Å². The first-order chi connectivity index (χ1) is 9.74. The molecule has 0 radical (unpaired) electrons. The highest BCUT2D eigenvalue weighted by molar-refractivity contribution is 6.32. The highest BCUT2D eigenvalue weighted by Gasteiger charge is 2.07. The fourth-order valence-corrected chi connectivity index (χ4v) is 2.26. The van der Waals surface area contributed by atoms with E-state index in [4.69, 9.17) is 16.3 Å². The second-order valence-electron chi connectivity index (χ2n) is 4.61. The molecule has 20 heavy (non-hydrogen) atoms. The van der Waals surface area contributed by atoms with Crippen LogP contribution in [-0.4, -0.2) is 6.54 Å². The summed E-state index contributed by atoms with van der Waals surface area (Å²) in [5, 5.41) is 3.92. The van der Waals surface area contributed by atoms with E-state index in [0.717, 1.165) is 30.8 Å². The largest absolute Gasteiger partial charge is 0.456 e. The number of halogens is 1. The van der Waals surface area contributed by atoms with E-state index in [2.05, 4.69) is 25.2 Å². The molecule has 2 aromatic carbocycles. The third kappa shape index (κ3) is 3.75. The van der Waals surface area contributed by atoms with Crippen molar-refractivity contribution in [2.24, 2.45) is 0 Å². The molecule has 0 spiro atoms. The molecule has 0 aliphatic heterocycles. The molecule has 0 saturated heterocycles. The van der Waals surface area contributed by atoms with Gasteiger partial charge >= 0.3 is 0 Å². The van der Waals surface area contributed by atoms with Crippen molar-refractivity contribution in [3.63, 3.8) is 0 Å². The second-order valence-corrected chi connectivity index (χ2v) is 5.02. The summed E-state index contributed by atoms with van der Waals surface area (Å²) < 4.78 is 5.94. The smallest absolute Gasteiger partial charge is 0.146 e. The van der Waals surface area contributed by atoms with E-state index < -0.39 is 0 Å². The van der Waals surface area contributed by atoms with Crippen LogP contribution < -0.4 is 10.1 Å². The quantitative estimate of drug-likeness (QED) is 0.824. The third-order valence-electron chi connectivity index (χ3n) is 3.15. The third-order valence-corrected chi connectivity index (χ3v) is 3.44. The van der Waals surface area contributed by atoms with Crippen LogP contribution in [0.1, 0.15) is 25.0 Å². The lowest BCUT2D eigenvalue weighted by Crippen LogP contribution is -2.11. The zero-order chi connectivity index (χ0) is 14.4. The molecule has 2 aromatic rings. The summed E-state index contributed by atoms with van der Waals surface area (Å²) in [6.07, 6.45) is 0.937. The summed E-state index contributed by atoms with van der Waals surface area (Å²) in [5.41, 5.74) is 2.34. The van der Waals surface area contributed by atoms with Crippen molar-refractivity contribution < 1.29 is 4.74 Å². The molecule has 0 aliphatic carbocycles. The Labute approximate surface area is 125 Å². The van der Waals surface area contributed by atoms with Crippen LogP contribution in [0, 0.1) is 0 Å². The van der Waals surface area contributed by atoms with Gasteiger partial charge in [-0.2, -0.15) is 0 Å². The standard InChI is InChI=1S/C17H20ClNO/c1-3-14-7-5-6-8-16(14)20-17-10-9-13(11-15(17)18)12-19-4-2/h5-11,19H,3-4,12H2,1-2H3.